The number of esters is 1. The van der Waals surface area contributed by atoms with E-state index >= 15 is 0 Å². The van der Waals surface area contributed by atoms with Crippen molar-refractivity contribution in [3.8, 4) is 0 Å². The number of halogens is 2. The molecule has 0 unspecified atom stereocenters. The van der Waals surface area contributed by atoms with Crippen LogP contribution in [0.2, 0.25) is 0 Å². The second-order valence-electron chi connectivity index (χ2n) is 8.11. The van der Waals surface area contributed by atoms with Gasteiger partial charge in [0.1, 0.15) is 0 Å². The summed E-state index contributed by atoms with van der Waals surface area (Å²) < 4.78 is 5.25. The molecule has 0 spiro atoms. The number of ether oxygens (including phenoxy) is 1. The van der Waals surface area contributed by atoms with E-state index in [9.17, 15) is 19.2 Å². The predicted molar refractivity (Wildman–Crippen MR) is 126 cm³/mol. The number of aryl methyl sites for hydroxylation is 1. The van der Waals surface area contributed by atoms with Gasteiger partial charge in [0.15, 0.2) is 12.4 Å². The molecule has 0 N–H and O–H groups in total. The van der Waals surface area contributed by atoms with Gasteiger partial charge < -0.3 is 4.74 Å². The minimum absolute atomic E-state index is 0.0790. The molecule has 0 aromatic heterocycles. The van der Waals surface area contributed by atoms with Gasteiger partial charge >= 0.3 is 5.97 Å². The van der Waals surface area contributed by atoms with Gasteiger partial charge in [-0.05, 0) is 31.9 Å². The van der Waals surface area contributed by atoms with Gasteiger partial charge in [-0.1, -0.05) is 73.8 Å². The average Bonchev–Trinajstić information content (AvgIpc) is 3.02. The third-order valence-corrected chi connectivity index (χ3v) is 8.72. The van der Waals surface area contributed by atoms with Crippen molar-refractivity contribution in [1.29, 1.82) is 0 Å². The highest BCUT2D eigenvalue weighted by Gasteiger charge is 2.52. The Hall–Kier alpha value is -2.32. The van der Waals surface area contributed by atoms with Crippen LogP contribution < -0.4 is 4.90 Å². The highest BCUT2D eigenvalue weighted by atomic mass is 79.9. The molecule has 6 nitrogen and oxygen atoms in total. The second kappa shape index (κ2) is 9.27. The highest BCUT2D eigenvalue weighted by molar-refractivity contribution is 9.12. The van der Waals surface area contributed by atoms with E-state index < -0.39 is 24.4 Å². The SMILES string of the molecule is Cc1ccc(C(=O)COC(=O)c2ccccc2N2C(=O)[C@H]3C[C@@H](Br)[C@@H](Br)C[C@@H]3C2=O)cc1. The van der Waals surface area contributed by atoms with Gasteiger partial charge in [-0.25, -0.2) is 9.69 Å². The first kappa shape index (κ1) is 22.9. The maximum Gasteiger partial charge on any atom is 0.340 e. The largest absolute Gasteiger partial charge is 0.454 e. The van der Waals surface area contributed by atoms with Crippen molar-refractivity contribution >= 4 is 61.1 Å². The summed E-state index contributed by atoms with van der Waals surface area (Å²) in [7, 11) is 0. The van der Waals surface area contributed by atoms with Gasteiger partial charge in [0, 0.05) is 15.2 Å². The summed E-state index contributed by atoms with van der Waals surface area (Å²) in [6.07, 6.45) is 1.08. The quantitative estimate of drug-likeness (QED) is 0.233. The number of ketones is 1. The number of imide groups is 1. The van der Waals surface area contributed by atoms with Gasteiger partial charge in [-0.3, -0.25) is 14.4 Å². The van der Waals surface area contributed by atoms with Crippen molar-refractivity contribution in [2.24, 2.45) is 11.8 Å². The van der Waals surface area contributed by atoms with E-state index in [0.717, 1.165) is 10.5 Å². The zero-order valence-electron chi connectivity index (χ0n) is 17.3. The molecule has 8 heteroatoms. The number of anilines is 1. The van der Waals surface area contributed by atoms with E-state index in [1.807, 2.05) is 19.1 Å². The molecular weight excluding hydrogens is 542 g/mol. The smallest absolute Gasteiger partial charge is 0.340 e. The van der Waals surface area contributed by atoms with Crippen LogP contribution in [0.4, 0.5) is 5.69 Å². The number of Topliss-reactive ketones (excluding diaryl/α,β-unsaturated/α-hetero) is 1. The van der Waals surface area contributed by atoms with Crippen LogP contribution in [0.3, 0.4) is 0 Å². The van der Waals surface area contributed by atoms with Gasteiger partial charge in [-0.15, -0.1) is 0 Å². The molecule has 2 aliphatic rings. The Morgan fingerprint density at radius 3 is 2.09 bits per heavy atom. The van der Waals surface area contributed by atoms with E-state index in [2.05, 4.69) is 31.9 Å². The molecular formula is C24H21Br2NO5. The molecule has 166 valence electrons. The van der Waals surface area contributed by atoms with Crippen molar-refractivity contribution in [3.63, 3.8) is 0 Å². The number of alkyl halides is 2. The Labute approximate surface area is 202 Å². The molecule has 1 heterocycles. The molecule has 2 aromatic rings. The summed E-state index contributed by atoms with van der Waals surface area (Å²) in [5, 5.41) is 0. The lowest BCUT2D eigenvalue weighted by atomic mass is 9.81. The lowest BCUT2D eigenvalue weighted by Gasteiger charge is -2.29. The zero-order chi connectivity index (χ0) is 23.0. The van der Waals surface area contributed by atoms with Crippen LogP contribution in [-0.2, 0) is 14.3 Å². The van der Waals surface area contributed by atoms with E-state index in [-0.39, 0.29) is 38.5 Å². The lowest BCUT2D eigenvalue weighted by molar-refractivity contribution is -0.122. The summed E-state index contributed by atoms with van der Waals surface area (Å²) in [6.45, 7) is 1.48. The van der Waals surface area contributed by atoms with Crippen LogP contribution in [0.5, 0.6) is 0 Å². The van der Waals surface area contributed by atoms with Crippen LogP contribution in [0.15, 0.2) is 48.5 Å². The summed E-state index contributed by atoms with van der Waals surface area (Å²) in [4.78, 5) is 52.7. The van der Waals surface area contributed by atoms with Crippen LogP contribution in [0, 0.1) is 18.8 Å². The van der Waals surface area contributed by atoms with Crippen molar-refractivity contribution < 1.29 is 23.9 Å². The molecule has 1 saturated heterocycles. The number of hydrogen-bond donors (Lipinski definition) is 0. The van der Waals surface area contributed by atoms with Gasteiger partial charge in [0.25, 0.3) is 0 Å². The Kier molecular flexibility index (Phi) is 6.62. The number of rotatable bonds is 5. The second-order valence-corrected chi connectivity index (χ2v) is 10.5. The first-order valence-electron chi connectivity index (χ1n) is 10.3. The third-order valence-electron chi connectivity index (χ3n) is 5.98. The highest BCUT2D eigenvalue weighted by Crippen LogP contribution is 2.44. The molecule has 32 heavy (non-hydrogen) atoms. The van der Waals surface area contributed by atoms with Gasteiger partial charge in [0.2, 0.25) is 11.8 Å². The Morgan fingerprint density at radius 2 is 1.50 bits per heavy atom. The number of carbonyl (C=O) groups excluding carboxylic acids is 4. The van der Waals surface area contributed by atoms with Gasteiger partial charge in [-0.2, -0.15) is 0 Å². The van der Waals surface area contributed by atoms with E-state index in [1.54, 1.807) is 30.3 Å². The minimum Gasteiger partial charge on any atom is -0.454 e. The molecule has 2 fully saturated rings. The fraction of sp³-hybridized carbons (Fsp3) is 0.333. The predicted octanol–water partition coefficient (Wildman–Crippen LogP) is 4.46. The summed E-state index contributed by atoms with van der Waals surface area (Å²) in [5.74, 6) is -2.55. The number of fused-ring (bicyclic) bond motifs is 1. The van der Waals surface area contributed by atoms with E-state index in [0.29, 0.717) is 18.4 Å². The topological polar surface area (TPSA) is 80.8 Å². The van der Waals surface area contributed by atoms with Crippen LogP contribution in [-0.4, -0.2) is 39.8 Å². The first-order valence-corrected chi connectivity index (χ1v) is 12.1. The Morgan fingerprint density at radius 1 is 0.938 bits per heavy atom. The molecule has 0 bridgehead atoms. The molecule has 2 amide bonds. The molecule has 1 aliphatic heterocycles. The molecule has 0 radical (unpaired) electrons. The zero-order valence-corrected chi connectivity index (χ0v) is 20.5. The van der Waals surface area contributed by atoms with Gasteiger partial charge in [0.05, 0.1) is 23.1 Å². The maximum atomic E-state index is 13.1. The molecule has 4 rings (SSSR count). The van der Waals surface area contributed by atoms with Crippen LogP contribution >= 0.6 is 31.9 Å². The molecule has 1 saturated carbocycles. The minimum atomic E-state index is -0.756. The fourth-order valence-electron chi connectivity index (χ4n) is 4.21. The number of nitrogens with zero attached hydrogens (tertiary/aromatic N) is 1. The van der Waals surface area contributed by atoms with Crippen molar-refractivity contribution in [2.45, 2.75) is 29.4 Å². The summed E-state index contributed by atoms with van der Waals surface area (Å²) >= 11 is 7.15. The lowest BCUT2D eigenvalue weighted by Crippen LogP contribution is -2.34. The number of carbonyl (C=O) groups is 4. The molecule has 4 atom stereocenters. The number of benzene rings is 2. The third kappa shape index (κ3) is 4.30. The first-order chi connectivity index (χ1) is 15.3. The monoisotopic (exact) mass is 561 g/mol. The molecule has 1 aliphatic carbocycles. The number of para-hydroxylation sites is 1. The average molecular weight is 563 g/mol. The number of amides is 2. The summed E-state index contributed by atoms with van der Waals surface area (Å²) in [6, 6.07) is 13.3. The normalized spacial score (nSPS) is 24.9. The summed E-state index contributed by atoms with van der Waals surface area (Å²) in [5.41, 5.74) is 1.74. The fourth-order valence-corrected chi connectivity index (χ4v) is 5.44. The van der Waals surface area contributed by atoms with Crippen LogP contribution in [0.25, 0.3) is 0 Å². The van der Waals surface area contributed by atoms with Crippen LogP contribution in [0.1, 0.15) is 39.1 Å². The van der Waals surface area contributed by atoms with Crippen molar-refractivity contribution in [1.82, 2.24) is 0 Å². The Bertz CT molecular complexity index is 1060. The van der Waals surface area contributed by atoms with Crippen molar-refractivity contribution in [3.05, 3.63) is 65.2 Å². The number of hydrogen-bond acceptors (Lipinski definition) is 5. The van der Waals surface area contributed by atoms with Crippen molar-refractivity contribution in [2.75, 3.05) is 11.5 Å². The Balaban J connectivity index is 1.53. The van der Waals surface area contributed by atoms with E-state index in [4.69, 9.17) is 4.74 Å². The standard InChI is InChI=1S/C24H21Br2NO5/c1-13-6-8-14(9-7-13)21(28)12-32-24(31)15-4-2-3-5-20(15)27-22(29)16-10-18(25)19(26)11-17(16)23(27)30/h2-9,16-19H,10-12H2,1H3/t16-,17-,18-,19+/m0/s1. The van der Waals surface area contributed by atoms with E-state index in [1.165, 1.54) is 6.07 Å². The molecule has 2 aromatic carbocycles. The maximum absolute atomic E-state index is 13.1.